The number of aromatic nitrogens is 2. The van der Waals surface area contributed by atoms with E-state index in [0.717, 1.165) is 12.3 Å². The summed E-state index contributed by atoms with van der Waals surface area (Å²) in [4.78, 5) is 27.0. The minimum Gasteiger partial charge on any atom is -0.357 e. The molecule has 1 aliphatic rings. The summed E-state index contributed by atoms with van der Waals surface area (Å²) in [7, 11) is 0. The number of nitrogens with one attached hydrogen (secondary N) is 2. The molecule has 0 bridgehead atoms. The molecule has 1 amide bonds. The lowest BCUT2D eigenvalue weighted by molar-refractivity contribution is -0.141. The van der Waals surface area contributed by atoms with E-state index in [1.54, 1.807) is 11.8 Å². The zero-order valence-electron chi connectivity index (χ0n) is 15.8. The third-order valence-electron chi connectivity index (χ3n) is 3.96. The summed E-state index contributed by atoms with van der Waals surface area (Å²) in [6.07, 6.45) is -3.43. The molecular formula is C16H25F3IN7O. The second-order valence-electron chi connectivity index (χ2n) is 5.92. The summed E-state index contributed by atoms with van der Waals surface area (Å²) >= 11 is 0. The number of piperazine rings is 1. The fourth-order valence-electron chi connectivity index (χ4n) is 2.59. The molecule has 1 aliphatic heterocycles. The number of aliphatic imine (C=N–C) groups is 1. The van der Waals surface area contributed by atoms with E-state index >= 15 is 0 Å². The Labute approximate surface area is 179 Å². The fourth-order valence-corrected chi connectivity index (χ4v) is 2.59. The van der Waals surface area contributed by atoms with E-state index in [9.17, 15) is 18.0 Å². The van der Waals surface area contributed by atoms with Gasteiger partial charge in [0.05, 0.1) is 6.54 Å². The molecule has 1 aromatic rings. The van der Waals surface area contributed by atoms with Crippen molar-refractivity contribution >= 4 is 41.8 Å². The number of nitrogens with zero attached hydrogens (tertiary/aromatic N) is 5. The van der Waals surface area contributed by atoms with Gasteiger partial charge in [-0.25, -0.2) is 9.97 Å². The van der Waals surface area contributed by atoms with Gasteiger partial charge in [0.15, 0.2) is 5.96 Å². The van der Waals surface area contributed by atoms with Crippen molar-refractivity contribution in [3.63, 3.8) is 0 Å². The first-order valence-electron chi connectivity index (χ1n) is 8.74. The number of halogens is 4. The van der Waals surface area contributed by atoms with Gasteiger partial charge in [0.25, 0.3) is 0 Å². The van der Waals surface area contributed by atoms with Crippen molar-refractivity contribution in [1.82, 2.24) is 25.1 Å². The number of carbonyl (C=O) groups excluding carboxylic acids is 1. The number of guanidine groups is 1. The first-order valence-corrected chi connectivity index (χ1v) is 8.74. The molecule has 2 rings (SSSR count). The molecule has 158 valence electrons. The highest BCUT2D eigenvalue weighted by Gasteiger charge is 2.32. The average molecular weight is 515 g/mol. The van der Waals surface area contributed by atoms with Gasteiger partial charge < -0.3 is 20.4 Å². The quantitative estimate of drug-likeness (QED) is 0.269. The predicted molar refractivity (Wildman–Crippen MR) is 111 cm³/mol. The first kappa shape index (κ1) is 24.2. The Balaban J connectivity index is 0.00000392. The Kier molecular flexibility index (Phi) is 9.69. The highest BCUT2D eigenvalue weighted by atomic mass is 127. The van der Waals surface area contributed by atoms with E-state index in [2.05, 4.69) is 30.5 Å². The van der Waals surface area contributed by atoms with Crippen LogP contribution in [0.25, 0.3) is 0 Å². The Hall–Kier alpha value is -1.86. The second kappa shape index (κ2) is 11.2. The molecule has 28 heavy (non-hydrogen) atoms. The minimum atomic E-state index is -4.50. The van der Waals surface area contributed by atoms with Gasteiger partial charge in [0, 0.05) is 52.4 Å². The van der Waals surface area contributed by atoms with Crippen molar-refractivity contribution in [1.29, 1.82) is 0 Å². The number of amides is 1. The Morgan fingerprint density at radius 2 is 1.89 bits per heavy atom. The third-order valence-corrected chi connectivity index (χ3v) is 3.96. The molecule has 1 saturated heterocycles. The van der Waals surface area contributed by atoms with Crippen molar-refractivity contribution in [3.05, 3.63) is 18.0 Å². The van der Waals surface area contributed by atoms with Crippen LogP contribution >= 0.6 is 24.0 Å². The Morgan fingerprint density at radius 3 is 2.46 bits per heavy atom. The van der Waals surface area contributed by atoms with Crippen molar-refractivity contribution in [2.45, 2.75) is 20.0 Å². The molecule has 12 heteroatoms. The molecule has 1 aromatic heterocycles. The highest BCUT2D eigenvalue weighted by molar-refractivity contribution is 14.0. The highest BCUT2D eigenvalue weighted by Crippen LogP contribution is 2.27. The zero-order chi connectivity index (χ0) is 19.9. The molecule has 0 saturated carbocycles. The van der Waals surface area contributed by atoms with Gasteiger partial charge in [0.1, 0.15) is 5.69 Å². The molecule has 2 heterocycles. The Morgan fingerprint density at radius 1 is 1.25 bits per heavy atom. The summed E-state index contributed by atoms with van der Waals surface area (Å²) in [5, 5.41) is 5.94. The normalized spacial score (nSPS) is 15.1. The standard InChI is InChI=1S/C16H24F3N7O.HI/c1-3-20-15(26-10-8-25(9-11-26)12(2)27)23-7-6-22-14-21-5-4-13(24-14)16(17,18)19;/h4-5H,3,6-11H2,1-2H3,(H,20,23)(H,21,22,24);1H. The second-order valence-corrected chi connectivity index (χ2v) is 5.92. The Bertz CT molecular complexity index is 664. The van der Waals surface area contributed by atoms with E-state index in [1.165, 1.54) is 0 Å². The topological polar surface area (TPSA) is 85.8 Å². The molecule has 0 spiro atoms. The summed E-state index contributed by atoms with van der Waals surface area (Å²) in [5.74, 6) is 0.689. The van der Waals surface area contributed by atoms with Crippen LogP contribution in [-0.2, 0) is 11.0 Å². The van der Waals surface area contributed by atoms with E-state index in [4.69, 9.17) is 0 Å². The molecular weight excluding hydrogens is 490 g/mol. The molecule has 0 atom stereocenters. The molecule has 0 unspecified atom stereocenters. The van der Waals surface area contributed by atoms with Crippen LogP contribution in [0.3, 0.4) is 0 Å². The van der Waals surface area contributed by atoms with Gasteiger partial charge >= 0.3 is 6.18 Å². The van der Waals surface area contributed by atoms with Crippen molar-refractivity contribution in [2.75, 3.05) is 51.1 Å². The summed E-state index contributed by atoms with van der Waals surface area (Å²) in [6.45, 7) is 7.46. The van der Waals surface area contributed by atoms with Gasteiger partial charge in [-0.1, -0.05) is 0 Å². The van der Waals surface area contributed by atoms with Crippen molar-refractivity contribution in [2.24, 2.45) is 4.99 Å². The van der Waals surface area contributed by atoms with Gasteiger partial charge in [-0.05, 0) is 13.0 Å². The van der Waals surface area contributed by atoms with Crippen LogP contribution in [-0.4, -0.2) is 77.4 Å². The number of anilines is 1. The molecule has 2 N–H and O–H groups in total. The smallest absolute Gasteiger partial charge is 0.357 e. The van der Waals surface area contributed by atoms with Crippen LogP contribution in [0.5, 0.6) is 0 Å². The molecule has 1 fully saturated rings. The number of carbonyl (C=O) groups is 1. The monoisotopic (exact) mass is 515 g/mol. The maximum Gasteiger partial charge on any atom is 0.433 e. The van der Waals surface area contributed by atoms with Crippen LogP contribution in [0.2, 0.25) is 0 Å². The lowest BCUT2D eigenvalue weighted by Gasteiger charge is -2.36. The fraction of sp³-hybridized carbons (Fsp3) is 0.625. The first-order chi connectivity index (χ1) is 12.8. The maximum atomic E-state index is 12.7. The number of hydrogen-bond acceptors (Lipinski definition) is 5. The summed E-state index contributed by atoms with van der Waals surface area (Å²) in [6, 6.07) is 0.827. The van der Waals surface area contributed by atoms with Crippen LogP contribution in [0, 0.1) is 0 Å². The average Bonchev–Trinajstić information content (AvgIpc) is 2.64. The molecule has 0 aliphatic carbocycles. The summed E-state index contributed by atoms with van der Waals surface area (Å²) in [5.41, 5.74) is -0.986. The van der Waals surface area contributed by atoms with Gasteiger partial charge in [-0.3, -0.25) is 9.79 Å². The maximum absolute atomic E-state index is 12.7. The number of alkyl halides is 3. The van der Waals surface area contributed by atoms with Crippen molar-refractivity contribution in [3.8, 4) is 0 Å². The van der Waals surface area contributed by atoms with E-state index in [0.29, 0.717) is 51.8 Å². The van der Waals surface area contributed by atoms with Crippen LogP contribution in [0.1, 0.15) is 19.5 Å². The van der Waals surface area contributed by atoms with Gasteiger partial charge in [-0.15, -0.1) is 24.0 Å². The largest absolute Gasteiger partial charge is 0.433 e. The third kappa shape index (κ3) is 7.28. The molecule has 8 nitrogen and oxygen atoms in total. The lowest BCUT2D eigenvalue weighted by Crippen LogP contribution is -2.53. The van der Waals surface area contributed by atoms with E-state index in [-0.39, 0.29) is 35.8 Å². The van der Waals surface area contributed by atoms with Crippen molar-refractivity contribution < 1.29 is 18.0 Å². The zero-order valence-corrected chi connectivity index (χ0v) is 18.1. The summed E-state index contributed by atoms with van der Waals surface area (Å²) < 4.78 is 38.0. The SMILES string of the molecule is CCNC(=NCCNc1nccc(C(F)(F)F)n1)N1CCN(C(C)=O)CC1.I. The van der Waals surface area contributed by atoms with E-state index < -0.39 is 11.9 Å². The predicted octanol–water partition coefficient (Wildman–Crippen LogP) is 1.65. The molecule has 0 radical (unpaired) electrons. The minimum absolute atomic E-state index is 0. The number of hydrogen-bond donors (Lipinski definition) is 2. The van der Waals surface area contributed by atoms with Crippen LogP contribution in [0.15, 0.2) is 17.3 Å². The van der Waals surface area contributed by atoms with Gasteiger partial charge in [-0.2, -0.15) is 13.2 Å². The molecule has 0 aromatic carbocycles. The van der Waals surface area contributed by atoms with Gasteiger partial charge in [0.2, 0.25) is 11.9 Å². The number of rotatable bonds is 5. The van der Waals surface area contributed by atoms with Crippen LogP contribution < -0.4 is 10.6 Å². The lowest BCUT2D eigenvalue weighted by atomic mass is 10.3. The van der Waals surface area contributed by atoms with Crippen LogP contribution in [0.4, 0.5) is 19.1 Å². The van der Waals surface area contributed by atoms with E-state index in [1.807, 2.05) is 6.92 Å².